The molecule has 2 aromatic rings. The van der Waals surface area contributed by atoms with Gasteiger partial charge in [0, 0.05) is 38.0 Å². The number of carbonyl (C=O) groups is 1. The molecule has 0 spiro atoms. The number of aryl methyl sites for hydroxylation is 1. The standard InChI is InChI=1S/C16H21N3O2/c1-5-18(3)15-8-6-13(7-9-15)16(20)19(4)11-14-10-12(2)21-17-14/h6-10H,5,11H2,1-4H3. The average Bonchev–Trinajstić information content (AvgIpc) is 2.90. The quantitative estimate of drug-likeness (QED) is 0.848. The second-order valence-electron chi connectivity index (χ2n) is 5.15. The summed E-state index contributed by atoms with van der Waals surface area (Å²) >= 11 is 0. The van der Waals surface area contributed by atoms with Crippen molar-refractivity contribution in [2.45, 2.75) is 20.4 Å². The van der Waals surface area contributed by atoms with Gasteiger partial charge in [0.1, 0.15) is 11.5 Å². The molecule has 21 heavy (non-hydrogen) atoms. The number of rotatable bonds is 5. The molecule has 0 aliphatic rings. The Labute approximate surface area is 125 Å². The Morgan fingerprint density at radius 1 is 1.24 bits per heavy atom. The maximum Gasteiger partial charge on any atom is 0.253 e. The van der Waals surface area contributed by atoms with E-state index in [2.05, 4.69) is 17.0 Å². The highest BCUT2D eigenvalue weighted by atomic mass is 16.5. The van der Waals surface area contributed by atoms with Crippen molar-refractivity contribution >= 4 is 11.6 Å². The zero-order valence-electron chi connectivity index (χ0n) is 13.0. The topological polar surface area (TPSA) is 49.6 Å². The van der Waals surface area contributed by atoms with Crippen molar-refractivity contribution < 1.29 is 9.32 Å². The van der Waals surface area contributed by atoms with Crippen molar-refractivity contribution in [3.63, 3.8) is 0 Å². The van der Waals surface area contributed by atoms with Crippen LogP contribution in [0.15, 0.2) is 34.9 Å². The lowest BCUT2D eigenvalue weighted by Crippen LogP contribution is -2.26. The zero-order chi connectivity index (χ0) is 15.4. The van der Waals surface area contributed by atoms with Gasteiger partial charge in [0.05, 0.1) is 6.54 Å². The molecule has 0 aliphatic heterocycles. The summed E-state index contributed by atoms with van der Waals surface area (Å²) < 4.78 is 5.01. The van der Waals surface area contributed by atoms with Crippen molar-refractivity contribution in [2.24, 2.45) is 0 Å². The summed E-state index contributed by atoms with van der Waals surface area (Å²) in [6.07, 6.45) is 0. The maximum atomic E-state index is 12.4. The summed E-state index contributed by atoms with van der Waals surface area (Å²) in [5, 5.41) is 3.90. The summed E-state index contributed by atoms with van der Waals surface area (Å²) in [7, 11) is 3.79. The van der Waals surface area contributed by atoms with Crippen LogP contribution < -0.4 is 4.90 Å². The van der Waals surface area contributed by atoms with Gasteiger partial charge in [0.25, 0.3) is 5.91 Å². The third-order valence-electron chi connectivity index (χ3n) is 3.45. The first-order chi connectivity index (χ1) is 10.0. The average molecular weight is 287 g/mol. The van der Waals surface area contributed by atoms with Gasteiger partial charge in [-0.25, -0.2) is 0 Å². The number of nitrogens with zero attached hydrogens (tertiary/aromatic N) is 3. The normalized spacial score (nSPS) is 10.5. The molecule has 1 aromatic carbocycles. The van der Waals surface area contributed by atoms with Crippen LogP contribution in [0.5, 0.6) is 0 Å². The van der Waals surface area contributed by atoms with E-state index in [1.165, 1.54) is 0 Å². The maximum absolute atomic E-state index is 12.4. The smallest absolute Gasteiger partial charge is 0.253 e. The molecule has 1 aromatic heterocycles. The van der Waals surface area contributed by atoms with Gasteiger partial charge in [0.2, 0.25) is 0 Å². The van der Waals surface area contributed by atoms with Crippen molar-refractivity contribution in [1.29, 1.82) is 0 Å². The molecule has 2 rings (SSSR count). The van der Waals surface area contributed by atoms with E-state index in [0.717, 1.165) is 23.7 Å². The van der Waals surface area contributed by atoms with Crippen LogP contribution in [0.2, 0.25) is 0 Å². The number of anilines is 1. The molecule has 5 heteroatoms. The Hall–Kier alpha value is -2.30. The van der Waals surface area contributed by atoms with E-state index < -0.39 is 0 Å². The van der Waals surface area contributed by atoms with Gasteiger partial charge in [-0.05, 0) is 38.1 Å². The molecule has 5 nitrogen and oxygen atoms in total. The number of hydrogen-bond donors (Lipinski definition) is 0. The summed E-state index contributed by atoms with van der Waals surface area (Å²) in [6, 6.07) is 9.47. The van der Waals surface area contributed by atoms with E-state index in [0.29, 0.717) is 12.1 Å². The lowest BCUT2D eigenvalue weighted by Gasteiger charge is -2.18. The summed E-state index contributed by atoms with van der Waals surface area (Å²) in [5.41, 5.74) is 2.53. The monoisotopic (exact) mass is 287 g/mol. The molecule has 0 N–H and O–H groups in total. The van der Waals surface area contributed by atoms with Crippen molar-refractivity contribution in [1.82, 2.24) is 10.1 Å². The van der Waals surface area contributed by atoms with Crippen molar-refractivity contribution in [2.75, 3.05) is 25.5 Å². The number of benzene rings is 1. The first kappa shape index (κ1) is 15.1. The number of aromatic nitrogens is 1. The summed E-state index contributed by atoms with van der Waals surface area (Å²) in [4.78, 5) is 16.1. The van der Waals surface area contributed by atoms with Crippen LogP contribution >= 0.6 is 0 Å². The van der Waals surface area contributed by atoms with E-state index in [-0.39, 0.29) is 5.91 Å². The van der Waals surface area contributed by atoms with E-state index in [1.54, 1.807) is 11.9 Å². The van der Waals surface area contributed by atoms with Gasteiger partial charge in [-0.15, -0.1) is 0 Å². The molecule has 0 aliphatic carbocycles. The van der Waals surface area contributed by atoms with Gasteiger partial charge in [-0.3, -0.25) is 4.79 Å². The molecule has 0 saturated heterocycles. The van der Waals surface area contributed by atoms with Gasteiger partial charge in [-0.1, -0.05) is 5.16 Å². The van der Waals surface area contributed by atoms with Crippen LogP contribution in [-0.2, 0) is 6.54 Å². The Morgan fingerprint density at radius 3 is 2.43 bits per heavy atom. The summed E-state index contributed by atoms with van der Waals surface area (Å²) in [5.74, 6) is 0.721. The Bertz CT molecular complexity index is 604. The van der Waals surface area contributed by atoms with E-state index in [1.807, 2.05) is 44.3 Å². The molecule has 0 atom stereocenters. The highest BCUT2D eigenvalue weighted by molar-refractivity contribution is 5.94. The first-order valence-corrected chi connectivity index (χ1v) is 7.00. The van der Waals surface area contributed by atoms with Gasteiger partial charge in [-0.2, -0.15) is 0 Å². The predicted molar refractivity (Wildman–Crippen MR) is 82.4 cm³/mol. The fraction of sp³-hybridized carbons (Fsp3) is 0.375. The lowest BCUT2D eigenvalue weighted by atomic mass is 10.1. The minimum Gasteiger partial charge on any atom is -0.375 e. The van der Waals surface area contributed by atoms with Crippen molar-refractivity contribution in [3.8, 4) is 0 Å². The third kappa shape index (κ3) is 3.62. The summed E-state index contributed by atoms with van der Waals surface area (Å²) in [6.45, 7) is 5.29. The zero-order valence-corrected chi connectivity index (χ0v) is 13.0. The third-order valence-corrected chi connectivity index (χ3v) is 3.45. The first-order valence-electron chi connectivity index (χ1n) is 7.00. The second kappa shape index (κ2) is 6.43. The Balaban J connectivity index is 2.05. The molecular weight excluding hydrogens is 266 g/mol. The number of hydrogen-bond acceptors (Lipinski definition) is 4. The van der Waals surface area contributed by atoms with Gasteiger partial charge in [0.15, 0.2) is 0 Å². The fourth-order valence-electron chi connectivity index (χ4n) is 2.07. The molecule has 0 radical (unpaired) electrons. The van der Waals surface area contributed by atoms with E-state index in [9.17, 15) is 4.79 Å². The van der Waals surface area contributed by atoms with Crippen LogP contribution in [0.1, 0.15) is 28.7 Å². The molecule has 0 bridgehead atoms. The van der Waals surface area contributed by atoms with Crippen LogP contribution in [0.3, 0.4) is 0 Å². The SMILES string of the molecule is CCN(C)c1ccc(C(=O)N(C)Cc2cc(C)on2)cc1. The fourth-order valence-corrected chi connectivity index (χ4v) is 2.07. The van der Waals surface area contributed by atoms with Gasteiger partial charge >= 0.3 is 0 Å². The molecule has 0 saturated carbocycles. The van der Waals surface area contributed by atoms with E-state index in [4.69, 9.17) is 4.52 Å². The highest BCUT2D eigenvalue weighted by Gasteiger charge is 2.14. The number of amides is 1. The molecule has 1 heterocycles. The van der Waals surface area contributed by atoms with Crippen LogP contribution in [0, 0.1) is 6.92 Å². The van der Waals surface area contributed by atoms with E-state index >= 15 is 0 Å². The molecule has 0 unspecified atom stereocenters. The molecule has 0 fully saturated rings. The molecular formula is C16H21N3O2. The highest BCUT2D eigenvalue weighted by Crippen LogP contribution is 2.15. The van der Waals surface area contributed by atoms with Crippen LogP contribution in [0.4, 0.5) is 5.69 Å². The minimum atomic E-state index is -0.0265. The molecule has 1 amide bonds. The molecule has 112 valence electrons. The predicted octanol–water partition coefficient (Wildman–Crippen LogP) is 2.71. The number of carbonyl (C=O) groups excluding carboxylic acids is 1. The Morgan fingerprint density at radius 2 is 1.90 bits per heavy atom. The van der Waals surface area contributed by atoms with Crippen molar-refractivity contribution in [3.05, 3.63) is 47.3 Å². The Kier molecular flexibility index (Phi) is 4.62. The van der Waals surface area contributed by atoms with Crippen LogP contribution in [-0.4, -0.2) is 36.6 Å². The minimum absolute atomic E-state index is 0.0265. The largest absolute Gasteiger partial charge is 0.375 e. The van der Waals surface area contributed by atoms with Gasteiger partial charge < -0.3 is 14.3 Å². The lowest BCUT2D eigenvalue weighted by molar-refractivity contribution is 0.0782. The van der Waals surface area contributed by atoms with Crippen LogP contribution in [0.25, 0.3) is 0 Å². The second-order valence-corrected chi connectivity index (χ2v) is 5.15.